The summed E-state index contributed by atoms with van der Waals surface area (Å²) in [5, 5.41) is 1.13. The van der Waals surface area contributed by atoms with Crippen LogP contribution in [0.15, 0.2) is 18.7 Å². The first-order chi connectivity index (χ1) is 6.86. The Balaban J connectivity index is 2.23. The maximum Gasteiger partial charge on any atom is 0.144 e. The van der Waals surface area contributed by atoms with Crippen molar-refractivity contribution in [2.24, 2.45) is 0 Å². The highest BCUT2D eigenvalue weighted by molar-refractivity contribution is 14.1. The second-order valence-corrected chi connectivity index (χ2v) is 4.50. The maximum atomic E-state index is 5.18. The number of hydrogen-bond donors (Lipinski definition) is 0. The van der Waals surface area contributed by atoms with E-state index < -0.39 is 0 Å². The average molecular weight is 301 g/mol. The Morgan fingerprint density at radius 3 is 3.07 bits per heavy atom. The van der Waals surface area contributed by atoms with Crippen molar-refractivity contribution < 1.29 is 4.74 Å². The smallest absolute Gasteiger partial charge is 0.144 e. The second kappa shape index (κ2) is 3.16. The van der Waals surface area contributed by atoms with Crippen LogP contribution < -0.4 is 0 Å². The third-order valence-corrected chi connectivity index (χ3v) is 3.32. The van der Waals surface area contributed by atoms with Gasteiger partial charge in [-0.2, -0.15) is 0 Å². The van der Waals surface area contributed by atoms with E-state index >= 15 is 0 Å². The standard InChI is InChI=1S/C9H8IN3O/c10-8-2-13(6-3-14-4-6)9-7(8)1-11-5-12-9/h1-2,5-6H,3-4H2. The van der Waals surface area contributed by atoms with Gasteiger partial charge in [-0.1, -0.05) is 0 Å². The lowest BCUT2D eigenvalue weighted by molar-refractivity contribution is -0.0216. The van der Waals surface area contributed by atoms with Crippen molar-refractivity contribution >= 4 is 33.6 Å². The van der Waals surface area contributed by atoms with Crippen molar-refractivity contribution in [1.29, 1.82) is 0 Å². The molecule has 4 nitrogen and oxygen atoms in total. The molecule has 2 aromatic heterocycles. The summed E-state index contributed by atoms with van der Waals surface area (Å²) in [6.07, 6.45) is 5.57. The van der Waals surface area contributed by atoms with Gasteiger partial charge in [0.1, 0.15) is 12.0 Å². The maximum absolute atomic E-state index is 5.18. The Labute approximate surface area is 94.4 Å². The SMILES string of the molecule is Ic1cn(C2COC2)c2ncncc12. The Hall–Kier alpha value is -0.690. The number of ether oxygens (including phenoxy) is 1. The van der Waals surface area contributed by atoms with Crippen LogP contribution in [0.3, 0.4) is 0 Å². The zero-order chi connectivity index (χ0) is 9.54. The van der Waals surface area contributed by atoms with E-state index in [-0.39, 0.29) is 0 Å². The van der Waals surface area contributed by atoms with Crippen LogP contribution in [0.25, 0.3) is 11.0 Å². The summed E-state index contributed by atoms with van der Waals surface area (Å²) in [6, 6.07) is 0.455. The monoisotopic (exact) mass is 301 g/mol. The van der Waals surface area contributed by atoms with E-state index in [9.17, 15) is 0 Å². The lowest BCUT2D eigenvalue weighted by atomic mass is 10.2. The van der Waals surface area contributed by atoms with Gasteiger partial charge in [0.15, 0.2) is 0 Å². The predicted octanol–water partition coefficient (Wildman–Crippen LogP) is 1.61. The number of halogens is 1. The van der Waals surface area contributed by atoms with Crippen molar-refractivity contribution in [2.45, 2.75) is 6.04 Å². The van der Waals surface area contributed by atoms with Gasteiger partial charge in [-0.3, -0.25) is 0 Å². The quantitative estimate of drug-likeness (QED) is 0.751. The summed E-state index contributed by atoms with van der Waals surface area (Å²) in [4.78, 5) is 8.33. The van der Waals surface area contributed by atoms with Gasteiger partial charge in [0.2, 0.25) is 0 Å². The van der Waals surface area contributed by atoms with Gasteiger partial charge in [0, 0.05) is 16.0 Å². The largest absolute Gasteiger partial charge is 0.377 e. The molecule has 3 rings (SSSR count). The van der Waals surface area contributed by atoms with Crippen LogP contribution in [0.2, 0.25) is 0 Å². The lowest BCUT2D eigenvalue weighted by Gasteiger charge is -2.27. The van der Waals surface area contributed by atoms with Crippen molar-refractivity contribution in [2.75, 3.05) is 13.2 Å². The molecule has 0 bridgehead atoms. The summed E-state index contributed by atoms with van der Waals surface area (Å²) in [5.74, 6) is 0. The minimum atomic E-state index is 0.455. The average Bonchev–Trinajstić information content (AvgIpc) is 2.43. The molecule has 14 heavy (non-hydrogen) atoms. The third-order valence-electron chi connectivity index (χ3n) is 2.46. The molecule has 1 aliphatic rings. The second-order valence-electron chi connectivity index (χ2n) is 3.34. The molecule has 0 amide bonds. The number of aromatic nitrogens is 3. The van der Waals surface area contributed by atoms with Crippen LogP contribution in [0.5, 0.6) is 0 Å². The lowest BCUT2D eigenvalue weighted by Crippen LogP contribution is -2.30. The van der Waals surface area contributed by atoms with Gasteiger partial charge in [0.05, 0.1) is 24.6 Å². The summed E-state index contributed by atoms with van der Waals surface area (Å²) in [6.45, 7) is 1.59. The van der Waals surface area contributed by atoms with Gasteiger partial charge in [0.25, 0.3) is 0 Å². The van der Waals surface area contributed by atoms with E-state index in [1.165, 1.54) is 3.57 Å². The van der Waals surface area contributed by atoms with Crippen molar-refractivity contribution in [1.82, 2.24) is 14.5 Å². The van der Waals surface area contributed by atoms with Crippen LogP contribution in [-0.4, -0.2) is 27.7 Å². The molecule has 0 aliphatic carbocycles. The fraction of sp³-hybridized carbons (Fsp3) is 0.333. The van der Waals surface area contributed by atoms with Crippen LogP contribution in [0, 0.1) is 3.57 Å². The molecule has 3 heterocycles. The molecule has 0 saturated carbocycles. The van der Waals surface area contributed by atoms with Crippen LogP contribution in [0.1, 0.15) is 6.04 Å². The Bertz CT molecular complexity index is 478. The van der Waals surface area contributed by atoms with E-state index in [0.717, 1.165) is 24.2 Å². The number of fused-ring (bicyclic) bond motifs is 1. The predicted molar refractivity (Wildman–Crippen MR) is 60.1 cm³/mol. The first kappa shape index (κ1) is 8.60. The van der Waals surface area contributed by atoms with Gasteiger partial charge >= 0.3 is 0 Å². The van der Waals surface area contributed by atoms with Crippen molar-refractivity contribution in [3.8, 4) is 0 Å². The molecule has 2 aromatic rings. The fourth-order valence-electron chi connectivity index (χ4n) is 1.61. The fourth-order valence-corrected chi connectivity index (χ4v) is 2.29. The van der Waals surface area contributed by atoms with Crippen molar-refractivity contribution in [3.63, 3.8) is 0 Å². The van der Waals surface area contributed by atoms with Crippen LogP contribution in [0.4, 0.5) is 0 Å². The molecule has 0 unspecified atom stereocenters. The van der Waals surface area contributed by atoms with E-state index in [1.54, 1.807) is 6.33 Å². The van der Waals surface area contributed by atoms with E-state index in [0.29, 0.717) is 6.04 Å². The highest BCUT2D eigenvalue weighted by atomic mass is 127. The Morgan fingerprint density at radius 2 is 2.36 bits per heavy atom. The molecule has 0 atom stereocenters. The molecule has 0 spiro atoms. The number of hydrogen-bond acceptors (Lipinski definition) is 3. The summed E-state index contributed by atoms with van der Waals surface area (Å²) < 4.78 is 8.56. The van der Waals surface area contributed by atoms with Crippen LogP contribution in [-0.2, 0) is 4.74 Å². The summed E-state index contributed by atoms with van der Waals surface area (Å²) >= 11 is 2.31. The molecular weight excluding hydrogens is 293 g/mol. The molecular formula is C9H8IN3O. The highest BCUT2D eigenvalue weighted by Crippen LogP contribution is 2.26. The van der Waals surface area contributed by atoms with E-state index in [4.69, 9.17) is 4.74 Å². The molecule has 5 heteroatoms. The topological polar surface area (TPSA) is 39.9 Å². The highest BCUT2D eigenvalue weighted by Gasteiger charge is 2.23. The normalized spacial score (nSPS) is 17.2. The Kier molecular flexibility index (Phi) is 1.94. The first-order valence-electron chi connectivity index (χ1n) is 4.40. The molecule has 0 N–H and O–H groups in total. The Morgan fingerprint density at radius 1 is 1.50 bits per heavy atom. The summed E-state index contributed by atoms with van der Waals surface area (Å²) in [5.41, 5.74) is 1.01. The zero-order valence-corrected chi connectivity index (χ0v) is 9.51. The third kappa shape index (κ3) is 1.15. The molecule has 0 radical (unpaired) electrons. The number of rotatable bonds is 1. The first-order valence-corrected chi connectivity index (χ1v) is 5.48. The molecule has 1 saturated heterocycles. The van der Waals surface area contributed by atoms with E-state index in [1.807, 2.05) is 6.20 Å². The van der Waals surface area contributed by atoms with E-state index in [2.05, 4.69) is 43.3 Å². The summed E-state index contributed by atoms with van der Waals surface area (Å²) in [7, 11) is 0. The molecule has 1 aliphatic heterocycles. The van der Waals surface area contributed by atoms with Gasteiger partial charge in [-0.25, -0.2) is 9.97 Å². The van der Waals surface area contributed by atoms with Gasteiger partial charge < -0.3 is 9.30 Å². The minimum absolute atomic E-state index is 0.455. The number of nitrogens with zero attached hydrogens (tertiary/aromatic N) is 3. The van der Waals surface area contributed by atoms with Gasteiger partial charge in [-0.05, 0) is 22.6 Å². The van der Waals surface area contributed by atoms with Crippen molar-refractivity contribution in [3.05, 3.63) is 22.3 Å². The molecule has 72 valence electrons. The minimum Gasteiger partial charge on any atom is -0.377 e. The van der Waals surface area contributed by atoms with Gasteiger partial charge in [-0.15, -0.1) is 0 Å². The van der Waals surface area contributed by atoms with Crippen LogP contribution >= 0.6 is 22.6 Å². The molecule has 1 fully saturated rings. The molecule has 0 aromatic carbocycles. The zero-order valence-electron chi connectivity index (χ0n) is 7.35.